The summed E-state index contributed by atoms with van der Waals surface area (Å²) < 4.78 is 0. The van der Waals surface area contributed by atoms with Crippen LogP contribution in [0, 0.1) is 17.8 Å². The maximum atomic E-state index is 13.3. The predicted octanol–water partition coefficient (Wildman–Crippen LogP) is 2.72. The highest BCUT2D eigenvalue weighted by Crippen LogP contribution is 2.19. The van der Waals surface area contributed by atoms with Crippen molar-refractivity contribution < 1.29 is 24.3 Å². The summed E-state index contributed by atoms with van der Waals surface area (Å²) in [6.45, 7) is 11.6. The first kappa shape index (κ1) is 31.8. The van der Waals surface area contributed by atoms with Gasteiger partial charge in [-0.1, -0.05) is 59.7 Å². The van der Waals surface area contributed by atoms with Crippen LogP contribution in [0.1, 0.15) is 66.4 Å². The van der Waals surface area contributed by atoms with E-state index in [2.05, 4.69) is 20.9 Å². The van der Waals surface area contributed by atoms with Crippen molar-refractivity contribution in [3.63, 3.8) is 0 Å². The van der Waals surface area contributed by atoms with E-state index in [9.17, 15) is 24.3 Å². The number of hydrogen-bond donors (Lipinski definition) is 6. The number of benzene rings is 1. The van der Waals surface area contributed by atoms with E-state index >= 15 is 0 Å². The van der Waals surface area contributed by atoms with E-state index in [-0.39, 0.29) is 24.2 Å². The number of aliphatic carboxylic acids is 1. The van der Waals surface area contributed by atoms with E-state index in [1.54, 1.807) is 6.20 Å². The quantitative estimate of drug-likeness (QED) is 0.202. The Morgan fingerprint density at radius 2 is 1.26 bits per heavy atom. The van der Waals surface area contributed by atoms with Crippen molar-refractivity contribution >= 4 is 34.6 Å². The number of carbonyl (C=O) groups excluding carboxylic acids is 3. The minimum absolute atomic E-state index is 0.0375. The van der Waals surface area contributed by atoms with Gasteiger partial charge >= 0.3 is 5.97 Å². The molecule has 0 unspecified atom stereocenters. The second-order valence-corrected chi connectivity index (χ2v) is 11.6. The number of carboxylic acid groups (broad SMARTS) is 1. The Morgan fingerprint density at radius 3 is 1.77 bits per heavy atom. The van der Waals surface area contributed by atoms with Crippen molar-refractivity contribution in [1.82, 2.24) is 20.9 Å². The number of H-pyrrole nitrogens is 1. The smallest absolute Gasteiger partial charge is 0.326 e. The van der Waals surface area contributed by atoms with Gasteiger partial charge in [-0.2, -0.15) is 0 Å². The number of para-hydroxylation sites is 1. The van der Waals surface area contributed by atoms with Crippen molar-refractivity contribution in [2.24, 2.45) is 23.5 Å². The number of rotatable bonds is 15. The summed E-state index contributed by atoms with van der Waals surface area (Å²) in [5.41, 5.74) is 7.66. The van der Waals surface area contributed by atoms with E-state index in [0.717, 1.165) is 16.5 Å². The molecule has 2 aromatic rings. The monoisotopic (exact) mass is 543 g/mol. The lowest BCUT2D eigenvalue weighted by Crippen LogP contribution is -2.57. The number of aromatic nitrogens is 1. The molecule has 39 heavy (non-hydrogen) atoms. The van der Waals surface area contributed by atoms with Crippen LogP contribution in [0.4, 0.5) is 0 Å². The molecule has 0 bridgehead atoms. The molecule has 0 fully saturated rings. The fourth-order valence-corrected chi connectivity index (χ4v) is 4.56. The molecule has 3 amide bonds. The second kappa shape index (κ2) is 14.7. The minimum atomic E-state index is -1.19. The Labute approximate surface area is 230 Å². The molecule has 1 aromatic heterocycles. The van der Waals surface area contributed by atoms with Crippen LogP contribution in [0.25, 0.3) is 10.9 Å². The Hall–Kier alpha value is -3.40. The molecule has 0 saturated carbocycles. The van der Waals surface area contributed by atoms with Gasteiger partial charge in [0.2, 0.25) is 17.7 Å². The first-order chi connectivity index (χ1) is 18.3. The van der Waals surface area contributed by atoms with E-state index in [1.165, 1.54) is 0 Å². The average molecular weight is 544 g/mol. The van der Waals surface area contributed by atoms with Crippen LogP contribution in [0.15, 0.2) is 30.5 Å². The maximum Gasteiger partial charge on any atom is 0.326 e. The molecular formula is C29H45N5O5. The normalized spacial score (nSPS) is 14.7. The summed E-state index contributed by atoms with van der Waals surface area (Å²) in [4.78, 5) is 54.5. The summed E-state index contributed by atoms with van der Waals surface area (Å²) in [7, 11) is 0. The molecule has 1 heterocycles. The number of hydrogen-bond acceptors (Lipinski definition) is 5. The van der Waals surface area contributed by atoms with Crippen LogP contribution < -0.4 is 21.7 Å². The second-order valence-electron chi connectivity index (χ2n) is 11.6. The van der Waals surface area contributed by atoms with Gasteiger partial charge in [-0.15, -0.1) is 0 Å². The van der Waals surface area contributed by atoms with Gasteiger partial charge in [0.05, 0.1) is 6.04 Å². The lowest BCUT2D eigenvalue weighted by molar-refractivity contribution is -0.142. The van der Waals surface area contributed by atoms with Gasteiger partial charge in [0.25, 0.3) is 0 Å². The van der Waals surface area contributed by atoms with Crippen molar-refractivity contribution in [2.45, 2.75) is 91.4 Å². The zero-order valence-electron chi connectivity index (χ0n) is 23.9. The Kier molecular flexibility index (Phi) is 12.0. The lowest BCUT2D eigenvalue weighted by atomic mass is 9.98. The zero-order chi connectivity index (χ0) is 29.3. The lowest BCUT2D eigenvalue weighted by Gasteiger charge is -2.27. The summed E-state index contributed by atoms with van der Waals surface area (Å²) >= 11 is 0. The van der Waals surface area contributed by atoms with Crippen LogP contribution >= 0.6 is 0 Å². The molecule has 1 aromatic carbocycles. The first-order valence-electron chi connectivity index (χ1n) is 13.7. The molecule has 0 saturated heterocycles. The molecular weight excluding hydrogens is 498 g/mol. The van der Waals surface area contributed by atoms with Gasteiger partial charge < -0.3 is 31.8 Å². The van der Waals surface area contributed by atoms with Crippen molar-refractivity contribution in [2.75, 3.05) is 0 Å². The summed E-state index contributed by atoms with van der Waals surface area (Å²) in [6.07, 6.45) is 2.95. The Balaban J connectivity index is 2.17. The number of nitrogens with one attached hydrogen (secondary N) is 4. The fraction of sp³-hybridized carbons (Fsp3) is 0.586. The third-order valence-electron chi connectivity index (χ3n) is 6.46. The van der Waals surface area contributed by atoms with Crippen LogP contribution in [-0.2, 0) is 25.6 Å². The number of nitrogens with two attached hydrogens (primary N) is 1. The van der Waals surface area contributed by atoms with Crippen LogP contribution in [0.3, 0.4) is 0 Å². The van der Waals surface area contributed by atoms with Gasteiger partial charge in [0.1, 0.15) is 18.1 Å². The molecule has 0 aliphatic heterocycles. The van der Waals surface area contributed by atoms with Crippen LogP contribution in [0.5, 0.6) is 0 Å². The number of aromatic amines is 1. The Morgan fingerprint density at radius 1 is 0.769 bits per heavy atom. The number of carboxylic acids is 1. The highest BCUT2D eigenvalue weighted by atomic mass is 16.4. The molecule has 216 valence electrons. The molecule has 10 heteroatoms. The van der Waals surface area contributed by atoms with Crippen molar-refractivity contribution in [1.29, 1.82) is 0 Å². The van der Waals surface area contributed by atoms with Crippen molar-refractivity contribution in [3.05, 3.63) is 36.0 Å². The van der Waals surface area contributed by atoms with Gasteiger partial charge in [0, 0.05) is 23.5 Å². The van der Waals surface area contributed by atoms with Crippen LogP contribution in [0.2, 0.25) is 0 Å². The highest BCUT2D eigenvalue weighted by molar-refractivity contribution is 5.94. The molecule has 0 spiro atoms. The van der Waals surface area contributed by atoms with E-state index in [4.69, 9.17) is 5.73 Å². The standard InChI is InChI=1S/C29H45N5O5/c1-16(2)11-21(30)26(35)32-23(12-17(3)4)27(36)33-24(13-18(5)6)28(37)34-25(29(38)39)14-19-15-31-22-10-8-7-9-20(19)22/h7-10,15-18,21,23-25,31H,11-14,30H2,1-6H3,(H,32,35)(H,33,36)(H,34,37)(H,38,39)/t21-,23-,24-,25-/m0/s1. The molecule has 0 aliphatic rings. The number of carbonyl (C=O) groups is 4. The van der Waals surface area contributed by atoms with Gasteiger partial charge in [-0.05, 0) is 48.6 Å². The molecule has 4 atom stereocenters. The SMILES string of the molecule is CC(C)C[C@H](NC(=O)[C@H](CC(C)C)NC(=O)[C@@H](N)CC(C)C)C(=O)N[C@@H](Cc1c[nH]c2ccccc12)C(=O)O. The largest absolute Gasteiger partial charge is 0.480 e. The summed E-state index contributed by atoms with van der Waals surface area (Å²) in [6, 6.07) is 3.74. The topological polar surface area (TPSA) is 166 Å². The highest BCUT2D eigenvalue weighted by Gasteiger charge is 2.31. The van der Waals surface area contributed by atoms with E-state index in [1.807, 2.05) is 65.8 Å². The van der Waals surface area contributed by atoms with Crippen molar-refractivity contribution in [3.8, 4) is 0 Å². The van der Waals surface area contributed by atoms with E-state index < -0.39 is 47.9 Å². The molecule has 10 nitrogen and oxygen atoms in total. The first-order valence-corrected chi connectivity index (χ1v) is 13.7. The minimum Gasteiger partial charge on any atom is -0.480 e. The molecule has 2 rings (SSSR count). The molecule has 7 N–H and O–H groups in total. The van der Waals surface area contributed by atoms with E-state index in [0.29, 0.717) is 19.3 Å². The Bertz CT molecular complexity index is 1130. The van der Waals surface area contributed by atoms with Crippen LogP contribution in [-0.4, -0.2) is 57.9 Å². The van der Waals surface area contributed by atoms with Gasteiger partial charge in [0.15, 0.2) is 0 Å². The van der Waals surface area contributed by atoms with Gasteiger partial charge in [-0.25, -0.2) is 4.79 Å². The van der Waals surface area contributed by atoms with Gasteiger partial charge in [-0.3, -0.25) is 14.4 Å². The number of fused-ring (bicyclic) bond motifs is 1. The average Bonchev–Trinajstić information content (AvgIpc) is 3.24. The predicted molar refractivity (Wildman–Crippen MR) is 152 cm³/mol. The third kappa shape index (κ3) is 10.0. The fourth-order valence-electron chi connectivity index (χ4n) is 4.56. The third-order valence-corrected chi connectivity index (χ3v) is 6.46. The molecule has 0 aliphatic carbocycles. The molecule has 0 radical (unpaired) electrons. The summed E-state index contributed by atoms with van der Waals surface area (Å²) in [5, 5.41) is 18.9. The maximum absolute atomic E-state index is 13.3. The number of amides is 3. The summed E-state index contributed by atoms with van der Waals surface area (Å²) in [5.74, 6) is -2.34. The zero-order valence-corrected chi connectivity index (χ0v) is 23.9.